The number of carbonyl (C=O) groups excluding carboxylic acids is 3. The monoisotopic (exact) mass is 631 g/mol. The van der Waals surface area contributed by atoms with Gasteiger partial charge in [-0.1, -0.05) is 44.0 Å². The lowest BCUT2D eigenvalue weighted by Gasteiger charge is -2.23. The normalized spacial score (nSPS) is 15.3. The van der Waals surface area contributed by atoms with Crippen molar-refractivity contribution >= 4 is 56.8 Å². The number of nitrogens with one attached hydrogen (secondary N) is 1. The molecule has 0 bridgehead atoms. The third kappa shape index (κ3) is 6.45. The number of amides is 3. The summed E-state index contributed by atoms with van der Waals surface area (Å²) in [6.07, 6.45) is -0.690. The average Bonchev–Trinajstić information content (AvgIpc) is 3.44. The van der Waals surface area contributed by atoms with Crippen LogP contribution in [0.2, 0.25) is 10.2 Å². The lowest BCUT2D eigenvalue weighted by atomic mass is 9.95. The van der Waals surface area contributed by atoms with E-state index in [0.29, 0.717) is 0 Å². The summed E-state index contributed by atoms with van der Waals surface area (Å²) in [4.78, 5) is 43.8. The zero-order valence-corrected chi connectivity index (χ0v) is 24.4. The number of carbonyl (C=O) groups is 3. The number of ether oxygens (including phenoxy) is 1. The van der Waals surface area contributed by atoms with E-state index < -0.39 is 49.5 Å². The lowest BCUT2D eigenvalue weighted by Crippen LogP contribution is -2.37. The molecule has 3 N–H and O–H groups in total. The Morgan fingerprint density at radius 3 is 2.20 bits per heavy atom. The van der Waals surface area contributed by atoms with Crippen LogP contribution in [0.25, 0.3) is 0 Å². The molecule has 41 heavy (non-hydrogen) atoms. The summed E-state index contributed by atoms with van der Waals surface area (Å²) >= 11 is 12.1. The Morgan fingerprint density at radius 1 is 1.05 bits per heavy atom. The highest BCUT2D eigenvalue weighted by Crippen LogP contribution is 2.31. The van der Waals surface area contributed by atoms with Gasteiger partial charge in [-0.05, 0) is 29.3 Å². The summed E-state index contributed by atoms with van der Waals surface area (Å²) in [5, 5.41) is 7.65. The first-order valence-corrected chi connectivity index (χ1v) is 14.4. The lowest BCUT2D eigenvalue weighted by molar-refractivity contribution is -0.123. The van der Waals surface area contributed by atoms with E-state index in [-0.39, 0.29) is 60.3 Å². The van der Waals surface area contributed by atoms with Gasteiger partial charge in [-0.3, -0.25) is 9.59 Å². The molecule has 0 fully saturated rings. The number of pyridine rings is 1. The Kier molecular flexibility index (Phi) is 8.33. The van der Waals surface area contributed by atoms with Crippen LogP contribution in [-0.4, -0.2) is 67.3 Å². The maximum absolute atomic E-state index is 14.5. The summed E-state index contributed by atoms with van der Waals surface area (Å²) in [6, 6.07) is 3.01. The minimum absolute atomic E-state index is 0.0337. The van der Waals surface area contributed by atoms with Gasteiger partial charge >= 0.3 is 6.09 Å². The largest absolute Gasteiger partial charge is 0.443 e. The molecular weight excluding hydrogens is 607 g/mol. The van der Waals surface area contributed by atoms with E-state index in [1.54, 1.807) is 20.8 Å². The van der Waals surface area contributed by atoms with Crippen molar-refractivity contribution in [3.8, 4) is 0 Å². The van der Waals surface area contributed by atoms with Crippen LogP contribution in [-0.2, 0) is 26.2 Å². The van der Waals surface area contributed by atoms with Crippen LogP contribution in [0.3, 0.4) is 0 Å². The first-order chi connectivity index (χ1) is 19.0. The van der Waals surface area contributed by atoms with Gasteiger partial charge in [0.15, 0.2) is 11.6 Å². The molecule has 4 rings (SSSR count). The Hall–Kier alpha value is -3.33. The number of nitrogens with zero attached hydrogens (tertiary/aromatic N) is 3. The van der Waals surface area contributed by atoms with E-state index in [4.69, 9.17) is 33.1 Å². The zero-order chi connectivity index (χ0) is 30.4. The van der Waals surface area contributed by atoms with E-state index in [1.807, 2.05) is 0 Å². The van der Waals surface area contributed by atoms with Crippen molar-refractivity contribution in [2.75, 3.05) is 31.5 Å². The van der Waals surface area contributed by atoms with Gasteiger partial charge in [0.1, 0.15) is 22.3 Å². The summed E-state index contributed by atoms with van der Waals surface area (Å²) in [5.74, 6) is -4.51. The van der Waals surface area contributed by atoms with Gasteiger partial charge in [0.05, 0.1) is 16.3 Å². The first-order valence-electron chi connectivity index (χ1n) is 12.0. The van der Waals surface area contributed by atoms with Gasteiger partial charge in [0, 0.05) is 31.6 Å². The first kappa shape index (κ1) is 30.6. The Labute approximate surface area is 244 Å². The molecule has 16 heteroatoms. The second-order valence-electron chi connectivity index (χ2n) is 10.5. The molecule has 2 aromatic rings. The quantitative estimate of drug-likeness (QED) is 0.377. The molecule has 220 valence electrons. The number of anilines is 1. The third-order valence-electron chi connectivity index (χ3n) is 6.43. The Balaban J connectivity index is 1.38. The molecule has 0 atom stereocenters. The van der Waals surface area contributed by atoms with Crippen molar-refractivity contribution < 1.29 is 36.3 Å². The topological polar surface area (TPSA) is 152 Å². The van der Waals surface area contributed by atoms with Crippen molar-refractivity contribution in [1.29, 1.82) is 0 Å². The van der Waals surface area contributed by atoms with Crippen LogP contribution in [0.15, 0.2) is 34.2 Å². The third-order valence-corrected chi connectivity index (χ3v) is 8.03. The predicted molar refractivity (Wildman–Crippen MR) is 145 cm³/mol. The Bertz CT molecular complexity index is 1590. The van der Waals surface area contributed by atoms with Crippen LogP contribution in [0.4, 0.5) is 19.3 Å². The number of aromatic nitrogens is 1. The maximum atomic E-state index is 14.5. The molecule has 2 aliphatic heterocycles. The van der Waals surface area contributed by atoms with Crippen LogP contribution in [0.5, 0.6) is 0 Å². The fourth-order valence-corrected chi connectivity index (χ4v) is 5.10. The van der Waals surface area contributed by atoms with Gasteiger partial charge in [0.2, 0.25) is 15.9 Å². The molecule has 11 nitrogen and oxygen atoms in total. The molecular formula is C25H25Cl2F2N5O6S. The smallest absolute Gasteiger partial charge is 0.410 e. The second-order valence-corrected chi connectivity index (χ2v) is 12.8. The van der Waals surface area contributed by atoms with E-state index in [1.165, 1.54) is 15.9 Å². The molecule has 0 saturated carbocycles. The number of halogens is 4. The van der Waals surface area contributed by atoms with Crippen molar-refractivity contribution in [3.63, 3.8) is 0 Å². The van der Waals surface area contributed by atoms with Gasteiger partial charge < -0.3 is 19.9 Å². The summed E-state index contributed by atoms with van der Waals surface area (Å²) < 4.78 is 57.0. The Morgan fingerprint density at radius 2 is 1.63 bits per heavy atom. The average molecular weight is 632 g/mol. The van der Waals surface area contributed by atoms with Crippen LogP contribution in [0.1, 0.15) is 36.8 Å². The minimum atomic E-state index is -4.52. The van der Waals surface area contributed by atoms with Crippen molar-refractivity contribution in [3.05, 3.63) is 62.4 Å². The van der Waals surface area contributed by atoms with Crippen LogP contribution < -0.4 is 10.5 Å². The molecule has 3 heterocycles. The van der Waals surface area contributed by atoms with Gasteiger partial charge in [-0.25, -0.2) is 32.1 Å². The predicted octanol–water partition coefficient (Wildman–Crippen LogP) is 3.70. The van der Waals surface area contributed by atoms with Crippen molar-refractivity contribution in [2.45, 2.75) is 32.3 Å². The number of hydrogen-bond acceptors (Lipinski definition) is 7. The maximum Gasteiger partial charge on any atom is 0.410 e. The molecule has 0 radical (unpaired) electrons. The highest BCUT2D eigenvalue weighted by Gasteiger charge is 2.36. The van der Waals surface area contributed by atoms with Crippen LogP contribution in [0, 0.1) is 17.0 Å². The molecule has 0 aliphatic carbocycles. The summed E-state index contributed by atoms with van der Waals surface area (Å²) in [7, 11) is -4.52. The number of nitrogens with two attached hydrogens (primary N) is 1. The second kappa shape index (κ2) is 11.2. The minimum Gasteiger partial charge on any atom is -0.443 e. The molecule has 0 unspecified atom stereocenters. The van der Waals surface area contributed by atoms with Crippen LogP contribution >= 0.6 is 23.2 Å². The highest BCUT2D eigenvalue weighted by atomic mass is 35.5. The number of benzene rings is 1. The van der Waals surface area contributed by atoms with Crippen molar-refractivity contribution in [1.82, 2.24) is 14.8 Å². The number of sulfonamides is 1. The molecule has 0 saturated heterocycles. The van der Waals surface area contributed by atoms with E-state index >= 15 is 0 Å². The van der Waals surface area contributed by atoms with E-state index in [0.717, 1.165) is 23.3 Å². The summed E-state index contributed by atoms with van der Waals surface area (Å²) in [5.41, 5.74) is 0.515. The van der Waals surface area contributed by atoms with Gasteiger partial charge in [-0.2, -0.15) is 0 Å². The van der Waals surface area contributed by atoms with Crippen molar-refractivity contribution in [2.24, 2.45) is 10.6 Å². The fourth-order valence-electron chi connectivity index (χ4n) is 4.19. The van der Waals surface area contributed by atoms with E-state index in [9.17, 15) is 31.6 Å². The zero-order valence-electron chi connectivity index (χ0n) is 22.1. The SMILES string of the molecule is CC(C)(C)C(=O)Nc1cc(Cl)c(Cl)nc1COC(=O)N1CC2=C(C1)CN(C(=O)c1ccc(S(N)(=O)=O)c(F)c1F)C2. The standard InChI is InChI=1S/C25H25Cl2F2N5O6S/c1-25(2,3)23(36)32-16-6-15(26)21(27)31-17(16)11-40-24(37)34-9-12-7-33(8-13(12)10-34)22(35)14-4-5-18(41(30,38)39)20(29)19(14)28/h4-6H,7-11H2,1-3H3,(H,32,36)(H2,30,38,39). The van der Waals surface area contributed by atoms with Gasteiger partial charge in [-0.15, -0.1) is 0 Å². The number of rotatable bonds is 5. The number of primary sulfonamides is 1. The molecule has 3 amide bonds. The number of hydrogen-bond donors (Lipinski definition) is 2. The van der Waals surface area contributed by atoms with E-state index in [2.05, 4.69) is 10.3 Å². The van der Waals surface area contributed by atoms with Gasteiger partial charge in [0.25, 0.3) is 5.91 Å². The molecule has 1 aromatic heterocycles. The summed E-state index contributed by atoms with van der Waals surface area (Å²) in [6.45, 7) is 5.20. The molecule has 0 spiro atoms. The fraction of sp³-hybridized carbons (Fsp3) is 0.360. The molecule has 1 aromatic carbocycles. The molecule has 2 aliphatic rings. The highest BCUT2D eigenvalue weighted by molar-refractivity contribution is 7.89.